The van der Waals surface area contributed by atoms with E-state index in [0.29, 0.717) is 0 Å². The molecule has 17 heavy (non-hydrogen) atoms. The average molecular weight is 230 g/mol. The molecule has 0 N–H and O–H groups in total. The molecule has 0 spiro atoms. The first-order valence-electron chi connectivity index (χ1n) is 6.26. The Kier molecular flexibility index (Phi) is 4.30. The van der Waals surface area contributed by atoms with Crippen molar-refractivity contribution >= 4 is 0 Å². The highest BCUT2D eigenvalue weighted by atomic mass is 16.5. The molecule has 0 aliphatic carbocycles. The lowest BCUT2D eigenvalue weighted by molar-refractivity contribution is 0.380. The van der Waals surface area contributed by atoms with Crippen LogP contribution >= 0.6 is 0 Å². The third kappa shape index (κ3) is 3.41. The lowest BCUT2D eigenvalue weighted by Gasteiger charge is -1.94. The maximum absolute atomic E-state index is 5.32. The highest BCUT2D eigenvalue weighted by Gasteiger charge is 2.05. The maximum atomic E-state index is 5.32. The highest BCUT2D eigenvalue weighted by Crippen LogP contribution is 2.18. The molecule has 2 aromatic heterocycles. The third-order valence-corrected chi connectivity index (χ3v) is 2.79. The summed E-state index contributed by atoms with van der Waals surface area (Å²) in [6.45, 7) is 2.22. The van der Waals surface area contributed by atoms with Crippen molar-refractivity contribution < 1.29 is 4.52 Å². The highest BCUT2D eigenvalue weighted by molar-refractivity contribution is 5.57. The van der Waals surface area contributed by atoms with Gasteiger partial charge in [-0.2, -0.15) is 0 Å². The molecule has 0 aliphatic heterocycles. The minimum Gasteiger partial charge on any atom is -0.361 e. The lowest BCUT2D eigenvalue weighted by Crippen LogP contribution is -1.82. The Morgan fingerprint density at radius 3 is 2.94 bits per heavy atom. The number of pyridine rings is 1. The van der Waals surface area contributed by atoms with Crippen LogP contribution in [0, 0.1) is 0 Å². The topological polar surface area (TPSA) is 38.9 Å². The molecule has 0 atom stereocenters. The molecule has 0 fully saturated rings. The fourth-order valence-electron chi connectivity index (χ4n) is 1.81. The van der Waals surface area contributed by atoms with E-state index in [-0.39, 0.29) is 0 Å². The molecule has 0 bridgehead atoms. The molecule has 2 heterocycles. The second-order valence-corrected chi connectivity index (χ2v) is 4.23. The summed E-state index contributed by atoms with van der Waals surface area (Å²) in [7, 11) is 0. The maximum Gasteiger partial charge on any atom is 0.137 e. The van der Waals surface area contributed by atoms with Gasteiger partial charge in [-0.05, 0) is 18.6 Å². The fourth-order valence-corrected chi connectivity index (χ4v) is 1.81. The Hall–Kier alpha value is -1.64. The number of aryl methyl sites for hydroxylation is 1. The zero-order valence-corrected chi connectivity index (χ0v) is 10.2. The molecular weight excluding hydrogens is 212 g/mol. The van der Waals surface area contributed by atoms with Crippen molar-refractivity contribution in [1.29, 1.82) is 0 Å². The number of nitrogens with zero attached hydrogens (tertiary/aromatic N) is 2. The van der Waals surface area contributed by atoms with E-state index in [4.69, 9.17) is 4.52 Å². The second kappa shape index (κ2) is 6.18. The van der Waals surface area contributed by atoms with Crippen molar-refractivity contribution in [2.75, 3.05) is 0 Å². The van der Waals surface area contributed by atoms with Crippen LogP contribution in [-0.4, -0.2) is 10.1 Å². The summed E-state index contributed by atoms with van der Waals surface area (Å²) in [4.78, 5) is 4.08. The first-order valence-corrected chi connectivity index (χ1v) is 6.26. The van der Waals surface area contributed by atoms with Gasteiger partial charge in [0.2, 0.25) is 0 Å². The van der Waals surface area contributed by atoms with Crippen LogP contribution in [-0.2, 0) is 6.42 Å². The Morgan fingerprint density at radius 1 is 1.24 bits per heavy atom. The van der Waals surface area contributed by atoms with Crippen LogP contribution < -0.4 is 0 Å². The Morgan fingerprint density at radius 2 is 2.18 bits per heavy atom. The van der Waals surface area contributed by atoms with Gasteiger partial charge in [-0.3, -0.25) is 4.98 Å². The molecule has 0 amide bonds. The smallest absolute Gasteiger partial charge is 0.137 e. The van der Waals surface area contributed by atoms with Crippen LogP contribution in [0.1, 0.15) is 38.4 Å². The van der Waals surface area contributed by atoms with Gasteiger partial charge in [-0.25, -0.2) is 0 Å². The largest absolute Gasteiger partial charge is 0.361 e. The van der Waals surface area contributed by atoms with E-state index in [9.17, 15) is 0 Å². The molecule has 3 nitrogen and oxygen atoms in total. The second-order valence-electron chi connectivity index (χ2n) is 4.23. The van der Waals surface area contributed by atoms with E-state index in [2.05, 4.69) is 17.1 Å². The van der Waals surface area contributed by atoms with Crippen molar-refractivity contribution in [3.63, 3.8) is 0 Å². The monoisotopic (exact) mass is 230 g/mol. The van der Waals surface area contributed by atoms with Gasteiger partial charge < -0.3 is 4.52 Å². The van der Waals surface area contributed by atoms with Crippen LogP contribution in [0.2, 0.25) is 0 Å². The Labute approximate surface area is 102 Å². The van der Waals surface area contributed by atoms with Crippen molar-refractivity contribution in [3.8, 4) is 11.3 Å². The predicted molar refractivity (Wildman–Crippen MR) is 67.6 cm³/mol. The number of hydrogen-bond donors (Lipinski definition) is 0. The van der Waals surface area contributed by atoms with Gasteiger partial charge in [0.25, 0.3) is 0 Å². The van der Waals surface area contributed by atoms with Crippen LogP contribution in [0.25, 0.3) is 11.3 Å². The number of rotatable bonds is 6. The quantitative estimate of drug-likeness (QED) is 0.707. The zero-order valence-electron chi connectivity index (χ0n) is 10.2. The molecule has 0 aromatic carbocycles. The molecule has 3 heteroatoms. The standard InChI is InChI=1S/C14H18N2O/c1-2-3-4-5-8-13-10-14(16-17-13)12-7-6-9-15-11-12/h6-7,9-11H,2-5,8H2,1H3. The van der Waals surface area contributed by atoms with Gasteiger partial charge >= 0.3 is 0 Å². The molecule has 0 unspecified atom stereocenters. The van der Waals surface area contributed by atoms with Crippen molar-refractivity contribution in [2.24, 2.45) is 0 Å². The van der Waals surface area contributed by atoms with Crippen LogP contribution in [0.15, 0.2) is 35.1 Å². The van der Waals surface area contributed by atoms with E-state index in [1.54, 1.807) is 12.4 Å². The Balaban J connectivity index is 1.92. The van der Waals surface area contributed by atoms with Crippen LogP contribution in [0.5, 0.6) is 0 Å². The van der Waals surface area contributed by atoms with E-state index < -0.39 is 0 Å². The van der Waals surface area contributed by atoms with Crippen LogP contribution in [0.3, 0.4) is 0 Å². The molecule has 90 valence electrons. The van der Waals surface area contributed by atoms with Gasteiger partial charge in [0.15, 0.2) is 0 Å². The summed E-state index contributed by atoms with van der Waals surface area (Å²) in [6, 6.07) is 5.92. The van der Waals surface area contributed by atoms with Gasteiger partial charge in [0.05, 0.1) is 0 Å². The van der Waals surface area contributed by atoms with E-state index >= 15 is 0 Å². The van der Waals surface area contributed by atoms with E-state index in [0.717, 1.165) is 23.4 Å². The summed E-state index contributed by atoms with van der Waals surface area (Å²) in [6.07, 6.45) is 9.54. The number of unbranched alkanes of at least 4 members (excludes halogenated alkanes) is 3. The molecule has 2 rings (SSSR count). The van der Waals surface area contributed by atoms with Crippen molar-refractivity contribution in [2.45, 2.75) is 39.0 Å². The third-order valence-electron chi connectivity index (χ3n) is 2.79. The summed E-state index contributed by atoms with van der Waals surface area (Å²) in [5, 5.41) is 4.07. The zero-order chi connectivity index (χ0) is 11.9. The first kappa shape index (κ1) is 11.8. The normalized spacial score (nSPS) is 10.6. The molecule has 0 saturated heterocycles. The minimum atomic E-state index is 0.878. The molecule has 0 saturated carbocycles. The molecule has 0 radical (unpaired) electrons. The summed E-state index contributed by atoms with van der Waals surface area (Å²) >= 11 is 0. The van der Waals surface area contributed by atoms with Gasteiger partial charge in [-0.15, -0.1) is 0 Å². The lowest BCUT2D eigenvalue weighted by atomic mass is 10.1. The van der Waals surface area contributed by atoms with Gasteiger partial charge in [-0.1, -0.05) is 31.3 Å². The van der Waals surface area contributed by atoms with Gasteiger partial charge in [0, 0.05) is 30.4 Å². The molecular formula is C14H18N2O. The Bertz CT molecular complexity index is 436. The minimum absolute atomic E-state index is 0.878. The fraction of sp³-hybridized carbons (Fsp3) is 0.429. The molecule has 0 aliphatic rings. The number of aromatic nitrogens is 2. The average Bonchev–Trinajstić information content (AvgIpc) is 2.85. The molecule has 2 aromatic rings. The summed E-state index contributed by atoms with van der Waals surface area (Å²) in [5.41, 5.74) is 1.89. The van der Waals surface area contributed by atoms with Crippen molar-refractivity contribution in [1.82, 2.24) is 10.1 Å². The summed E-state index contributed by atoms with van der Waals surface area (Å²) in [5.74, 6) is 0.972. The SMILES string of the molecule is CCCCCCc1cc(-c2cccnc2)no1. The van der Waals surface area contributed by atoms with Gasteiger partial charge in [0.1, 0.15) is 11.5 Å². The number of hydrogen-bond acceptors (Lipinski definition) is 3. The predicted octanol–water partition coefficient (Wildman–Crippen LogP) is 3.86. The van der Waals surface area contributed by atoms with Crippen LogP contribution in [0.4, 0.5) is 0 Å². The van der Waals surface area contributed by atoms with Crippen molar-refractivity contribution in [3.05, 3.63) is 36.4 Å². The van der Waals surface area contributed by atoms with E-state index in [1.165, 1.54) is 25.7 Å². The van der Waals surface area contributed by atoms with E-state index in [1.807, 2.05) is 18.2 Å². The summed E-state index contributed by atoms with van der Waals surface area (Å²) < 4.78 is 5.32. The first-order chi connectivity index (χ1) is 8.40.